The summed E-state index contributed by atoms with van der Waals surface area (Å²) in [6, 6.07) is 35.0. The van der Waals surface area contributed by atoms with E-state index in [-0.39, 0.29) is 10.6 Å². The van der Waals surface area contributed by atoms with Gasteiger partial charge in [-0.3, -0.25) is 10.1 Å². The summed E-state index contributed by atoms with van der Waals surface area (Å²) in [5, 5.41) is 19.5. The van der Waals surface area contributed by atoms with Crippen LogP contribution in [0.4, 0.5) is 5.69 Å². The van der Waals surface area contributed by atoms with Gasteiger partial charge in [0.25, 0.3) is 5.69 Å². The molecule has 0 heterocycles. The van der Waals surface area contributed by atoms with Crippen LogP contribution in [0.3, 0.4) is 0 Å². The molecular weight excluding hydrogens is 564 g/mol. The number of non-ortho nitro benzene ring substituents is 1. The SMILES string of the molecule is O=[N+]([O-])c1ccc(-c2cc3c(P)cc4cc5ccccc5cc4c3cc2-c2ccc(I)cc2)cc1. The van der Waals surface area contributed by atoms with Crippen LogP contribution in [0, 0.1) is 13.7 Å². The second kappa shape index (κ2) is 8.71. The zero-order valence-corrected chi connectivity index (χ0v) is 21.8. The van der Waals surface area contributed by atoms with Crippen LogP contribution < -0.4 is 5.30 Å². The van der Waals surface area contributed by atoms with Gasteiger partial charge in [0.15, 0.2) is 0 Å². The van der Waals surface area contributed by atoms with Gasteiger partial charge >= 0.3 is 0 Å². The number of fused-ring (bicyclic) bond motifs is 4. The topological polar surface area (TPSA) is 43.1 Å². The highest BCUT2D eigenvalue weighted by molar-refractivity contribution is 14.1. The van der Waals surface area contributed by atoms with Gasteiger partial charge in [-0.15, -0.1) is 9.24 Å². The summed E-state index contributed by atoms with van der Waals surface area (Å²) in [6.45, 7) is 0. The lowest BCUT2D eigenvalue weighted by Crippen LogP contribution is -1.97. The van der Waals surface area contributed by atoms with Gasteiger partial charge < -0.3 is 0 Å². The highest BCUT2D eigenvalue weighted by Crippen LogP contribution is 2.39. The van der Waals surface area contributed by atoms with Gasteiger partial charge in [-0.1, -0.05) is 36.4 Å². The number of hydrogen-bond donors (Lipinski definition) is 0. The molecule has 0 fully saturated rings. The lowest BCUT2D eigenvalue weighted by Gasteiger charge is -2.16. The van der Waals surface area contributed by atoms with E-state index in [1.54, 1.807) is 12.1 Å². The molecule has 0 saturated heterocycles. The van der Waals surface area contributed by atoms with Crippen molar-refractivity contribution < 1.29 is 4.92 Å². The van der Waals surface area contributed by atoms with Crippen molar-refractivity contribution in [1.29, 1.82) is 0 Å². The van der Waals surface area contributed by atoms with Crippen LogP contribution in [0.15, 0.2) is 103 Å². The standard InChI is InChI=1S/C30H19INO2P/c31-23-9-5-18(6-10-23)26-16-28-25-14-21-4-2-1-3-20(21)13-22(25)15-30(35)29(28)17-27(26)19-7-11-24(12-8-19)32(33)34/h1-17H,35H2. The van der Waals surface area contributed by atoms with Crippen molar-refractivity contribution >= 4 is 75.1 Å². The molecule has 1 atom stereocenters. The molecule has 0 amide bonds. The number of rotatable bonds is 3. The van der Waals surface area contributed by atoms with Gasteiger partial charge in [-0.05, 0) is 137 Å². The van der Waals surface area contributed by atoms with E-state index >= 15 is 0 Å². The molecule has 0 aromatic heterocycles. The van der Waals surface area contributed by atoms with Crippen LogP contribution in [-0.2, 0) is 0 Å². The molecule has 168 valence electrons. The van der Waals surface area contributed by atoms with E-state index in [0.717, 1.165) is 32.9 Å². The van der Waals surface area contributed by atoms with Crippen LogP contribution in [0.5, 0.6) is 0 Å². The largest absolute Gasteiger partial charge is 0.269 e. The zero-order chi connectivity index (χ0) is 24.1. The molecule has 1 unspecified atom stereocenters. The minimum absolute atomic E-state index is 0.0926. The van der Waals surface area contributed by atoms with Gasteiger partial charge in [0, 0.05) is 15.7 Å². The monoisotopic (exact) mass is 583 g/mol. The number of nitro benzene ring substituents is 1. The van der Waals surface area contributed by atoms with Crippen LogP contribution in [-0.4, -0.2) is 4.92 Å². The van der Waals surface area contributed by atoms with Crippen LogP contribution in [0.1, 0.15) is 0 Å². The molecular formula is C30H19INO2P. The lowest BCUT2D eigenvalue weighted by atomic mass is 9.89. The molecule has 0 bridgehead atoms. The van der Waals surface area contributed by atoms with Crippen molar-refractivity contribution in [2.45, 2.75) is 0 Å². The Balaban J connectivity index is 1.69. The number of benzene rings is 6. The highest BCUT2D eigenvalue weighted by atomic mass is 127. The first-order valence-corrected chi connectivity index (χ1v) is 12.8. The molecule has 0 aliphatic carbocycles. The summed E-state index contributed by atoms with van der Waals surface area (Å²) in [7, 11) is 2.89. The van der Waals surface area contributed by atoms with Crippen molar-refractivity contribution in [1.82, 2.24) is 0 Å². The summed E-state index contributed by atoms with van der Waals surface area (Å²) in [4.78, 5) is 10.8. The van der Waals surface area contributed by atoms with E-state index < -0.39 is 0 Å². The van der Waals surface area contributed by atoms with Gasteiger partial charge in [0.1, 0.15) is 0 Å². The normalized spacial score (nSPS) is 11.4. The average Bonchev–Trinajstić information content (AvgIpc) is 2.88. The molecule has 6 rings (SSSR count). The molecule has 0 spiro atoms. The molecule has 0 aliphatic rings. The predicted octanol–water partition coefficient (Wildman–Crippen LogP) is 8.49. The Morgan fingerprint density at radius 1 is 0.629 bits per heavy atom. The fourth-order valence-corrected chi connectivity index (χ4v) is 5.57. The van der Waals surface area contributed by atoms with E-state index in [0.29, 0.717) is 0 Å². The fourth-order valence-electron chi connectivity index (χ4n) is 4.79. The minimum Gasteiger partial charge on any atom is -0.258 e. The Kier molecular flexibility index (Phi) is 5.51. The maximum atomic E-state index is 11.2. The summed E-state index contributed by atoms with van der Waals surface area (Å²) < 4.78 is 1.17. The Bertz CT molecular complexity index is 1780. The summed E-state index contributed by atoms with van der Waals surface area (Å²) >= 11 is 2.32. The van der Waals surface area contributed by atoms with Gasteiger partial charge in [-0.2, -0.15) is 0 Å². The fraction of sp³-hybridized carbons (Fsp3) is 0. The summed E-state index contributed by atoms with van der Waals surface area (Å²) in [6.07, 6.45) is 0. The van der Waals surface area contributed by atoms with Crippen molar-refractivity contribution in [2.24, 2.45) is 0 Å². The van der Waals surface area contributed by atoms with Gasteiger partial charge in [-0.25, -0.2) is 0 Å². The average molecular weight is 583 g/mol. The molecule has 3 nitrogen and oxygen atoms in total. The molecule has 5 heteroatoms. The van der Waals surface area contributed by atoms with Crippen molar-refractivity contribution in [3.63, 3.8) is 0 Å². The van der Waals surface area contributed by atoms with Crippen LogP contribution in [0.25, 0.3) is 54.6 Å². The Hall–Kier alpha value is -3.34. The van der Waals surface area contributed by atoms with Crippen LogP contribution in [0.2, 0.25) is 0 Å². The molecule has 6 aromatic rings. The third-order valence-electron chi connectivity index (χ3n) is 6.53. The van der Waals surface area contributed by atoms with E-state index in [2.05, 4.69) is 111 Å². The molecule has 35 heavy (non-hydrogen) atoms. The quantitative estimate of drug-likeness (QED) is 0.0524. The maximum absolute atomic E-state index is 11.2. The third kappa shape index (κ3) is 3.97. The van der Waals surface area contributed by atoms with E-state index in [1.165, 1.54) is 30.5 Å². The Labute approximate surface area is 218 Å². The van der Waals surface area contributed by atoms with Crippen molar-refractivity contribution in [3.05, 3.63) is 117 Å². The van der Waals surface area contributed by atoms with Crippen LogP contribution >= 0.6 is 31.8 Å². The van der Waals surface area contributed by atoms with Crippen molar-refractivity contribution in [2.75, 3.05) is 0 Å². The number of halogens is 1. The second-order valence-electron chi connectivity index (χ2n) is 8.64. The number of nitrogens with zero attached hydrogens (tertiary/aromatic N) is 1. The Morgan fingerprint density at radius 2 is 1.20 bits per heavy atom. The molecule has 0 aliphatic heterocycles. The second-order valence-corrected chi connectivity index (χ2v) is 10.5. The smallest absolute Gasteiger partial charge is 0.258 e. The predicted molar refractivity (Wildman–Crippen MR) is 159 cm³/mol. The molecule has 0 radical (unpaired) electrons. The maximum Gasteiger partial charge on any atom is 0.269 e. The lowest BCUT2D eigenvalue weighted by molar-refractivity contribution is -0.384. The number of nitro groups is 1. The van der Waals surface area contributed by atoms with Gasteiger partial charge in [0.2, 0.25) is 0 Å². The van der Waals surface area contributed by atoms with E-state index in [4.69, 9.17) is 0 Å². The molecule has 0 saturated carbocycles. The summed E-state index contributed by atoms with van der Waals surface area (Å²) in [5.74, 6) is 0. The van der Waals surface area contributed by atoms with Crippen molar-refractivity contribution in [3.8, 4) is 22.3 Å². The van der Waals surface area contributed by atoms with E-state index in [1.807, 2.05) is 12.1 Å². The Morgan fingerprint density at radius 3 is 1.83 bits per heavy atom. The highest BCUT2D eigenvalue weighted by Gasteiger charge is 2.15. The minimum atomic E-state index is -0.360. The third-order valence-corrected chi connectivity index (χ3v) is 7.73. The summed E-state index contributed by atoms with van der Waals surface area (Å²) in [5.41, 5.74) is 4.32. The van der Waals surface area contributed by atoms with Gasteiger partial charge in [0.05, 0.1) is 4.92 Å². The zero-order valence-electron chi connectivity index (χ0n) is 18.5. The first kappa shape index (κ1) is 22.1. The number of hydrogen-bond acceptors (Lipinski definition) is 2. The van der Waals surface area contributed by atoms with E-state index in [9.17, 15) is 10.1 Å². The first-order valence-electron chi connectivity index (χ1n) is 11.2. The first-order chi connectivity index (χ1) is 17.0. The molecule has 0 N–H and O–H groups in total. The molecule has 6 aromatic carbocycles.